The van der Waals surface area contributed by atoms with E-state index in [4.69, 9.17) is 0 Å². The van der Waals surface area contributed by atoms with E-state index in [9.17, 15) is 14.0 Å². The molecule has 2 amide bonds. The number of carbonyl (C=O) groups is 2. The summed E-state index contributed by atoms with van der Waals surface area (Å²) < 4.78 is 13.8. The van der Waals surface area contributed by atoms with Crippen molar-refractivity contribution in [1.82, 2.24) is 15.1 Å². The highest BCUT2D eigenvalue weighted by Crippen LogP contribution is 2.31. The second-order valence-electron chi connectivity index (χ2n) is 6.73. The van der Waals surface area contributed by atoms with Gasteiger partial charge in [-0.2, -0.15) is 0 Å². The molecule has 0 radical (unpaired) electrons. The van der Waals surface area contributed by atoms with Gasteiger partial charge >= 0.3 is 0 Å². The van der Waals surface area contributed by atoms with Gasteiger partial charge in [0.2, 0.25) is 5.91 Å². The molecule has 2 heterocycles. The maximum atomic E-state index is 13.8. The van der Waals surface area contributed by atoms with Gasteiger partial charge in [0.1, 0.15) is 17.9 Å². The molecule has 0 aliphatic carbocycles. The van der Waals surface area contributed by atoms with Gasteiger partial charge in [-0.1, -0.05) is 12.1 Å². The topological polar surface area (TPSA) is 52.7 Å². The SMILES string of the molecule is Cc1ccc(CN2C(=O)CN(C(C)C)C(=O)C23CNC3)cc1F. The highest BCUT2D eigenvalue weighted by Gasteiger charge is 2.56. The molecule has 5 nitrogen and oxygen atoms in total. The molecule has 0 unspecified atom stereocenters. The molecule has 1 aromatic rings. The van der Waals surface area contributed by atoms with Crippen molar-refractivity contribution in [3.63, 3.8) is 0 Å². The van der Waals surface area contributed by atoms with Crippen LogP contribution in [-0.2, 0) is 16.1 Å². The van der Waals surface area contributed by atoms with Gasteiger partial charge in [-0.05, 0) is 38.0 Å². The standard InChI is InChI=1S/C17H22FN3O2/c1-11(2)20-8-15(22)21(17(16(20)23)9-19-10-17)7-13-5-4-12(3)14(18)6-13/h4-6,11,19H,7-10H2,1-3H3. The number of piperazine rings is 1. The van der Waals surface area contributed by atoms with E-state index >= 15 is 0 Å². The number of benzene rings is 1. The summed E-state index contributed by atoms with van der Waals surface area (Å²) >= 11 is 0. The summed E-state index contributed by atoms with van der Waals surface area (Å²) in [5.41, 5.74) is 0.459. The number of rotatable bonds is 3. The van der Waals surface area contributed by atoms with E-state index in [1.807, 2.05) is 19.9 Å². The highest BCUT2D eigenvalue weighted by molar-refractivity contribution is 5.99. The molecule has 1 aromatic carbocycles. The second kappa shape index (κ2) is 5.60. The minimum Gasteiger partial charge on any atom is -0.329 e. The number of nitrogens with zero attached hydrogens (tertiary/aromatic N) is 2. The van der Waals surface area contributed by atoms with E-state index in [1.54, 1.807) is 22.8 Å². The normalized spacial score (nSPS) is 20.4. The van der Waals surface area contributed by atoms with Gasteiger partial charge in [-0.25, -0.2) is 4.39 Å². The van der Waals surface area contributed by atoms with Crippen LogP contribution in [0.2, 0.25) is 0 Å². The summed E-state index contributed by atoms with van der Waals surface area (Å²) in [7, 11) is 0. The fraction of sp³-hybridized carbons (Fsp3) is 0.529. The van der Waals surface area contributed by atoms with E-state index in [0.29, 0.717) is 24.2 Å². The number of nitrogens with one attached hydrogen (secondary N) is 1. The lowest BCUT2D eigenvalue weighted by Gasteiger charge is -2.55. The Kier molecular flexibility index (Phi) is 3.88. The number of carbonyl (C=O) groups excluding carboxylic acids is 2. The average molecular weight is 319 g/mol. The predicted molar refractivity (Wildman–Crippen MR) is 84.1 cm³/mol. The lowest BCUT2D eigenvalue weighted by atomic mass is 9.85. The van der Waals surface area contributed by atoms with Crippen LogP contribution < -0.4 is 5.32 Å². The molecule has 1 N–H and O–H groups in total. The van der Waals surface area contributed by atoms with E-state index in [1.165, 1.54) is 6.07 Å². The molecule has 0 bridgehead atoms. The van der Waals surface area contributed by atoms with Crippen LogP contribution in [0.4, 0.5) is 4.39 Å². The van der Waals surface area contributed by atoms with Crippen LogP contribution in [-0.4, -0.2) is 52.8 Å². The molecule has 2 aliphatic heterocycles. The second-order valence-corrected chi connectivity index (χ2v) is 6.73. The van der Waals surface area contributed by atoms with Gasteiger partial charge in [0.05, 0.1) is 0 Å². The van der Waals surface area contributed by atoms with Gasteiger partial charge in [-0.15, -0.1) is 0 Å². The Morgan fingerprint density at radius 1 is 1.30 bits per heavy atom. The lowest BCUT2D eigenvalue weighted by Crippen LogP contribution is -2.80. The van der Waals surface area contributed by atoms with Crippen LogP contribution in [0, 0.1) is 12.7 Å². The number of halogens is 1. The smallest absolute Gasteiger partial charge is 0.251 e. The number of aryl methyl sites for hydroxylation is 1. The minimum absolute atomic E-state index is 0.0112. The molecule has 2 saturated heterocycles. The Labute approximate surface area is 135 Å². The van der Waals surface area contributed by atoms with Crippen molar-refractivity contribution >= 4 is 11.8 Å². The van der Waals surface area contributed by atoms with Crippen LogP contribution in [0.25, 0.3) is 0 Å². The summed E-state index contributed by atoms with van der Waals surface area (Å²) in [6.07, 6.45) is 0. The van der Waals surface area contributed by atoms with Crippen LogP contribution in [0.3, 0.4) is 0 Å². The van der Waals surface area contributed by atoms with Crippen molar-refractivity contribution in [3.05, 3.63) is 35.1 Å². The van der Waals surface area contributed by atoms with E-state index in [-0.39, 0.29) is 36.8 Å². The Morgan fingerprint density at radius 2 is 2.00 bits per heavy atom. The third-order valence-corrected chi connectivity index (χ3v) is 4.82. The van der Waals surface area contributed by atoms with Crippen molar-refractivity contribution < 1.29 is 14.0 Å². The Hall–Kier alpha value is -1.95. The molecule has 124 valence electrons. The van der Waals surface area contributed by atoms with Gasteiger partial charge in [0.15, 0.2) is 0 Å². The summed E-state index contributed by atoms with van der Waals surface area (Å²) in [5.74, 6) is -0.387. The molecule has 23 heavy (non-hydrogen) atoms. The summed E-state index contributed by atoms with van der Waals surface area (Å²) in [5, 5.41) is 3.10. The third-order valence-electron chi connectivity index (χ3n) is 4.82. The number of amides is 2. The number of hydrogen-bond donors (Lipinski definition) is 1. The van der Waals surface area contributed by atoms with Crippen molar-refractivity contribution in [1.29, 1.82) is 0 Å². The van der Waals surface area contributed by atoms with E-state index < -0.39 is 5.54 Å². The maximum Gasteiger partial charge on any atom is 0.251 e. The first-order valence-electron chi connectivity index (χ1n) is 7.92. The first kappa shape index (κ1) is 15.9. The van der Waals surface area contributed by atoms with Crippen molar-refractivity contribution in [3.8, 4) is 0 Å². The van der Waals surface area contributed by atoms with E-state index in [2.05, 4.69) is 5.32 Å². The fourth-order valence-corrected chi connectivity index (χ4v) is 3.20. The predicted octanol–water partition coefficient (Wildman–Crippen LogP) is 1.06. The molecule has 2 fully saturated rings. The Bertz CT molecular complexity index is 655. The monoisotopic (exact) mass is 319 g/mol. The van der Waals surface area contributed by atoms with Crippen LogP contribution in [0.1, 0.15) is 25.0 Å². The summed E-state index contributed by atoms with van der Waals surface area (Å²) in [6.45, 7) is 6.78. The zero-order chi connectivity index (χ0) is 16.8. The highest BCUT2D eigenvalue weighted by atomic mass is 19.1. The zero-order valence-corrected chi connectivity index (χ0v) is 13.7. The zero-order valence-electron chi connectivity index (χ0n) is 13.7. The third kappa shape index (κ3) is 2.51. The first-order valence-corrected chi connectivity index (χ1v) is 7.92. The van der Waals surface area contributed by atoms with Crippen LogP contribution >= 0.6 is 0 Å². The maximum absolute atomic E-state index is 13.8. The molecule has 0 aromatic heterocycles. The molecule has 3 rings (SSSR count). The van der Waals surface area contributed by atoms with Crippen LogP contribution in [0.15, 0.2) is 18.2 Å². The summed E-state index contributed by atoms with van der Waals surface area (Å²) in [6, 6.07) is 4.95. The fourth-order valence-electron chi connectivity index (χ4n) is 3.20. The van der Waals surface area contributed by atoms with Crippen molar-refractivity contribution in [2.45, 2.75) is 38.9 Å². The Balaban J connectivity index is 1.90. The first-order chi connectivity index (χ1) is 10.8. The molecule has 6 heteroatoms. The quantitative estimate of drug-likeness (QED) is 0.906. The molecular formula is C17H22FN3O2. The molecule has 0 atom stereocenters. The minimum atomic E-state index is -0.818. The van der Waals surface area contributed by atoms with Crippen molar-refractivity contribution in [2.75, 3.05) is 19.6 Å². The Morgan fingerprint density at radius 3 is 2.52 bits per heavy atom. The molecular weight excluding hydrogens is 297 g/mol. The van der Waals surface area contributed by atoms with Gasteiger partial charge < -0.3 is 15.1 Å². The molecule has 0 saturated carbocycles. The summed E-state index contributed by atoms with van der Waals surface area (Å²) in [4.78, 5) is 28.7. The molecule has 1 spiro atoms. The lowest BCUT2D eigenvalue weighted by molar-refractivity contribution is -0.171. The molecule has 2 aliphatic rings. The van der Waals surface area contributed by atoms with Crippen LogP contribution in [0.5, 0.6) is 0 Å². The largest absolute Gasteiger partial charge is 0.329 e. The van der Waals surface area contributed by atoms with Gasteiger partial charge in [0.25, 0.3) is 5.91 Å². The number of hydrogen-bond acceptors (Lipinski definition) is 3. The van der Waals surface area contributed by atoms with Crippen molar-refractivity contribution in [2.24, 2.45) is 0 Å². The van der Waals surface area contributed by atoms with E-state index in [0.717, 1.165) is 0 Å². The van der Waals surface area contributed by atoms with Gasteiger partial charge in [0, 0.05) is 25.7 Å². The van der Waals surface area contributed by atoms with Gasteiger partial charge in [-0.3, -0.25) is 9.59 Å². The average Bonchev–Trinajstić information content (AvgIpc) is 2.44.